The Balaban J connectivity index is 3.10. The van der Waals surface area contributed by atoms with Crippen molar-refractivity contribution in [3.05, 3.63) is 22.7 Å². The number of halogens is 1. The maximum Gasteiger partial charge on any atom is 0.309 e. The smallest absolute Gasteiger partial charge is 0.309 e. The fourth-order valence-corrected chi connectivity index (χ4v) is 2.19. The third-order valence-electron chi connectivity index (χ3n) is 3.21. The Kier molecular flexibility index (Phi) is 5.25. The van der Waals surface area contributed by atoms with Gasteiger partial charge in [-0.25, -0.2) is 0 Å². The van der Waals surface area contributed by atoms with E-state index in [9.17, 15) is 4.79 Å². The lowest BCUT2D eigenvalue weighted by Crippen LogP contribution is -2.29. The number of benzene rings is 1. The van der Waals surface area contributed by atoms with Gasteiger partial charge in [-0.05, 0) is 31.9 Å². The molecule has 0 saturated heterocycles. The zero-order valence-electron chi connectivity index (χ0n) is 12.1. The Bertz CT molecular complexity index is 502. The Hall–Kier alpha value is -1.46. The van der Waals surface area contributed by atoms with Crippen LogP contribution in [0.15, 0.2) is 12.1 Å². The molecule has 5 nitrogen and oxygen atoms in total. The molecule has 1 aromatic rings. The van der Waals surface area contributed by atoms with Crippen molar-refractivity contribution in [2.45, 2.75) is 26.3 Å². The summed E-state index contributed by atoms with van der Waals surface area (Å²) < 4.78 is 10.4. The van der Waals surface area contributed by atoms with Gasteiger partial charge in [0.1, 0.15) is 0 Å². The predicted molar refractivity (Wildman–Crippen MR) is 77.5 cm³/mol. The minimum Gasteiger partial charge on any atom is -0.493 e. The Labute approximate surface area is 123 Å². The third-order valence-corrected chi connectivity index (χ3v) is 3.54. The number of rotatable bonds is 6. The van der Waals surface area contributed by atoms with Crippen LogP contribution in [0, 0.1) is 5.41 Å². The van der Waals surface area contributed by atoms with Gasteiger partial charge in [0.2, 0.25) is 0 Å². The molecule has 0 aliphatic carbocycles. The van der Waals surface area contributed by atoms with E-state index < -0.39 is 17.4 Å². The summed E-state index contributed by atoms with van der Waals surface area (Å²) in [6, 6.07) is 2.79. The highest BCUT2D eigenvalue weighted by Crippen LogP contribution is 2.38. The van der Waals surface area contributed by atoms with Crippen LogP contribution < -0.4 is 15.2 Å². The molecule has 0 saturated carbocycles. The molecule has 0 heterocycles. The first kappa shape index (κ1) is 16.6. The molecule has 1 unspecified atom stereocenters. The number of nitrogens with two attached hydrogens (primary N) is 1. The summed E-state index contributed by atoms with van der Waals surface area (Å²) in [5, 5.41) is 9.58. The predicted octanol–water partition coefficient (Wildman–Crippen LogP) is 2.86. The van der Waals surface area contributed by atoms with Gasteiger partial charge in [0.25, 0.3) is 0 Å². The monoisotopic (exact) mass is 301 g/mol. The molecule has 0 aliphatic heterocycles. The van der Waals surface area contributed by atoms with E-state index >= 15 is 0 Å². The van der Waals surface area contributed by atoms with Crippen LogP contribution in [0.2, 0.25) is 5.02 Å². The Morgan fingerprint density at radius 1 is 1.35 bits per heavy atom. The molecule has 0 aromatic heterocycles. The van der Waals surface area contributed by atoms with E-state index in [4.69, 9.17) is 31.9 Å². The molecule has 0 radical (unpaired) electrons. The van der Waals surface area contributed by atoms with Gasteiger partial charge in [0, 0.05) is 17.1 Å². The second kappa shape index (κ2) is 6.33. The van der Waals surface area contributed by atoms with Crippen molar-refractivity contribution in [3.8, 4) is 11.5 Å². The van der Waals surface area contributed by atoms with Crippen LogP contribution in [0.4, 0.5) is 0 Å². The molecule has 20 heavy (non-hydrogen) atoms. The van der Waals surface area contributed by atoms with Crippen molar-refractivity contribution in [3.63, 3.8) is 0 Å². The van der Waals surface area contributed by atoms with E-state index in [-0.39, 0.29) is 6.42 Å². The van der Waals surface area contributed by atoms with Gasteiger partial charge in [0.05, 0.1) is 19.6 Å². The highest BCUT2D eigenvalue weighted by molar-refractivity contribution is 6.31. The quantitative estimate of drug-likeness (QED) is 0.844. The average Bonchev–Trinajstić information content (AvgIpc) is 2.37. The summed E-state index contributed by atoms with van der Waals surface area (Å²) in [4.78, 5) is 11.2. The number of hydrogen-bond acceptors (Lipinski definition) is 4. The molecule has 3 N–H and O–H groups in total. The summed E-state index contributed by atoms with van der Waals surface area (Å²) in [6.07, 6.45) is 0.261. The summed E-state index contributed by atoms with van der Waals surface area (Å²) in [6.45, 7) is 3.26. The minimum absolute atomic E-state index is 0.261. The summed E-state index contributed by atoms with van der Waals surface area (Å²) >= 11 is 6.18. The first-order chi connectivity index (χ1) is 9.22. The fraction of sp³-hybridized carbons (Fsp3) is 0.500. The summed E-state index contributed by atoms with van der Waals surface area (Å²) in [5.41, 5.74) is 5.79. The van der Waals surface area contributed by atoms with Crippen molar-refractivity contribution >= 4 is 17.6 Å². The lowest BCUT2D eigenvalue weighted by molar-refractivity contribution is -0.147. The van der Waals surface area contributed by atoms with E-state index in [0.717, 1.165) is 0 Å². The zero-order chi connectivity index (χ0) is 15.5. The van der Waals surface area contributed by atoms with Crippen LogP contribution in [0.5, 0.6) is 11.5 Å². The standard InChI is InChI=1S/C14H20ClNO4/c1-14(2,13(17)18)7-10(16)8-5-11(19-3)12(20-4)6-9(8)15/h5-6,10H,7,16H2,1-4H3,(H,17,18). The second-order valence-electron chi connectivity index (χ2n) is 5.23. The highest BCUT2D eigenvalue weighted by Gasteiger charge is 2.31. The molecule has 1 aromatic carbocycles. The number of methoxy groups -OCH3 is 2. The van der Waals surface area contributed by atoms with Crippen molar-refractivity contribution in [1.29, 1.82) is 0 Å². The lowest BCUT2D eigenvalue weighted by atomic mass is 9.84. The van der Waals surface area contributed by atoms with Gasteiger partial charge in [-0.2, -0.15) is 0 Å². The molecular weight excluding hydrogens is 282 g/mol. The van der Waals surface area contributed by atoms with Crippen LogP contribution in [-0.4, -0.2) is 25.3 Å². The average molecular weight is 302 g/mol. The second-order valence-corrected chi connectivity index (χ2v) is 5.64. The van der Waals surface area contributed by atoms with Crippen molar-refractivity contribution < 1.29 is 19.4 Å². The molecule has 0 aliphatic rings. The Morgan fingerprint density at radius 3 is 2.30 bits per heavy atom. The van der Waals surface area contributed by atoms with Crippen LogP contribution in [0.25, 0.3) is 0 Å². The molecular formula is C14H20ClNO4. The van der Waals surface area contributed by atoms with Gasteiger partial charge < -0.3 is 20.3 Å². The number of ether oxygens (including phenoxy) is 2. The summed E-state index contributed by atoms with van der Waals surface area (Å²) in [5.74, 6) is 0.117. The van der Waals surface area contributed by atoms with Crippen molar-refractivity contribution in [2.24, 2.45) is 11.1 Å². The van der Waals surface area contributed by atoms with E-state index in [1.807, 2.05) is 0 Å². The topological polar surface area (TPSA) is 81.8 Å². The number of carbonyl (C=O) groups is 1. The Morgan fingerprint density at radius 2 is 1.85 bits per heavy atom. The van der Waals surface area contributed by atoms with E-state index in [1.54, 1.807) is 26.0 Å². The SMILES string of the molecule is COc1cc(Cl)c(C(N)CC(C)(C)C(=O)O)cc1OC. The molecule has 0 spiro atoms. The van der Waals surface area contributed by atoms with Gasteiger partial charge in [-0.1, -0.05) is 11.6 Å². The van der Waals surface area contributed by atoms with Crippen LogP contribution in [-0.2, 0) is 4.79 Å². The van der Waals surface area contributed by atoms with Gasteiger partial charge >= 0.3 is 5.97 Å². The van der Waals surface area contributed by atoms with Gasteiger partial charge in [-0.3, -0.25) is 4.79 Å². The van der Waals surface area contributed by atoms with Crippen LogP contribution in [0.1, 0.15) is 31.9 Å². The fourth-order valence-electron chi connectivity index (χ4n) is 1.90. The number of carboxylic acids is 1. The van der Waals surface area contributed by atoms with Gasteiger partial charge in [0.15, 0.2) is 11.5 Å². The first-order valence-corrected chi connectivity index (χ1v) is 6.51. The lowest BCUT2D eigenvalue weighted by Gasteiger charge is -2.24. The maximum atomic E-state index is 11.2. The van der Waals surface area contributed by atoms with Crippen LogP contribution in [0.3, 0.4) is 0 Å². The largest absolute Gasteiger partial charge is 0.493 e. The van der Waals surface area contributed by atoms with Crippen molar-refractivity contribution in [2.75, 3.05) is 14.2 Å². The molecule has 0 bridgehead atoms. The van der Waals surface area contributed by atoms with E-state index in [2.05, 4.69) is 0 Å². The molecule has 6 heteroatoms. The molecule has 1 rings (SSSR count). The molecule has 112 valence electrons. The number of hydrogen-bond donors (Lipinski definition) is 2. The van der Waals surface area contributed by atoms with Crippen molar-refractivity contribution in [1.82, 2.24) is 0 Å². The normalized spacial score (nSPS) is 12.9. The number of aliphatic carboxylic acids is 1. The molecule has 0 fully saturated rings. The van der Waals surface area contributed by atoms with Gasteiger partial charge in [-0.15, -0.1) is 0 Å². The zero-order valence-corrected chi connectivity index (χ0v) is 12.8. The van der Waals surface area contributed by atoms with E-state index in [0.29, 0.717) is 22.1 Å². The maximum absolute atomic E-state index is 11.2. The number of carboxylic acid groups (broad SMARTS) is 1. The summed E-state index contributed by atoms with van der Waals surface area (Å²) in [7, 11) is 3.03. The highest BCUT2D eigenvalue weighted by atomic mass is 35.5. The first-order valence-electron chi connectivity index (χ1n) is 6.13. The van der Waals surface area contributed by atoms with Crippen LogP contribution >= 0.6 is 11.6 Å². The minimum atomic E-state index is -0.935. The molecule has 1 atom stereocenters. The third kappa shape index (κ3) is 3.55. The molecule has 0 amide bonds. The van der Waals surface area contributed by atoms with E-state index in [1.165, 1.54) is 14.2 Å².